The van der Waals surface area contributed by atoms with Crippen LogP contribution in [0.5, 0.6) is 0 Å². The molecule has 0 aliphatic carbocycles. The van der Waals surface area contributed by atoms with Crippen molar-refractivity contribution in [2.24, 2.45) is 5.11 Å². The van der Waals surface area contributed by atoms with Gasteiger partial charge in [0.2, 0.25) is 0 Å². The van der Waals surface area contributed by atoms with E-state index >= 15 is 0 Å². The summed E-state index contributed by atoms with van der Waals surface area (Å²) < 4.78 is 0.863. The maximum Gasteiger partial charge on any atom is 0.0536 e. The number of azide groups is 1. The molecule has 0 heterocycles. The summed E-state index contributed by atoms with van der Waals surface area (Å²) in [6.45, 7) is 0.275. The average Bonchev–Trinajstić information content (AvgIpc) is 2.04. The van der Waals surface area contributed by atoms with Crippen LogP contribution in [-0.2, 0) is 6.54 Å². The van der Waals surface area contributed by atoms with Crippen LogP contribution in [0.3, 0.4) is 0 Å². The van der Waals surface area contributed by atoms with Gasteiger partial charge in [-0.2, -0.15) is 0 Å². The molecule has 0 spiro atoms. The number of benzene rings is 1. The standard InChI is InChI=1S/C7H5BrClN3/c8-6-2-1-3-7(9)5(6)4-11-12-10/h1-3H,4H2. The molecule has 3 nitrogen and oxygen atoms in total. The normalized spacial score (nSPS) is 9.17. The molecule has 0 aliphatic heterocycles. The summed E-state index contributed by atoms with van der Waals surface area (Å²) in [5.41, 5.74) is 8.93. The van der Waals surface area contributed by atoms with Crippen molar-refractivity contribution < 1.29 is 0 Å². The van der Waals surface area contributed by atoms with Gasteiger partial charge in [-0.1, -0.05) is 38.7 Å². The summed E-state index contributed by atoms with van der Waals surface area (Å²) in [4.78, 5) is 2.66. The molecule has 1 rings (SSSR count). The van der Waals surface area contributed by atoms with Crippen molar-refractivity contribution >= 4 is 27.5 Å². The molecule has 1 aromatic rings. The Labute approximate surface area is 83.1 Å². The second-order valence-electron chi connectivity index (χ2n) is 2.09. The molecular formula is C7H5BrClN3. The highest BCUT2D eigenvalue weighted by Crippen LogP contribution is 2.25. The predicted octanol–water partition coefficient (Wildman–Crippen LogP) is 3.91. The molecule has 0 aromatic heterocycles. The molecule has 5 heteroatoms. The maximum absolute atomic E-state index is 8.11. The molecule has 12 heavy (non-hydrogen) atoms. The smallest absolute Gasteiger partial charge is 0.0536 e. The van der Waals surface area contributed by atoms with E-state index in [-0.39, 0.29) is 6.54 Å². The molecular weight excluding hydrogens is 241 g/mol. The molecule has 0 fully saturated rings. The van der Waals surface area contributed by atoms with E-state index in [2.05, 4.69) is 26.0 Å². The van der Waals surface area contributed by atoms with E-state index in [1.165, 1.54) is 0 Å². The van der Waals surface area contributed by atoms with Crippen molar-refractivity contribution in [3.8, 4) is 0 Å². The zero-order chi connectivity index (χ0) is 8.97. The first kappa shape index (κ1) is 9.39. The molecule has 0 bridgehead atoms. The van der Waals surface area contributed by atoms with Crippen LogP contribution in [0.2, 0.25) is 5.02 Å². The third-order valence-corrected chi connectivity index (χ3v) is 2.45. The highest BCUT2D eigenvalue weighted by molar-refractivity contribution is 9.10. The third kappa shape index (κ3) is 2.14. The van der Waals surface area contributed by atoms with E-state index in [1.54, 1.807) is 6.07 Å². The highest BCUT2D eigenvalue weighted by Gasteiger charge is 2.02. The molecule has 0 unspecified atom stereocenters. The minimum atomic E-state index is 0.275. The largest absolute Gasteiger partial charge is 0.0892 e. The Morgan fingerprint density at radius 2 is 2.33 bits per heavy atom. The Kier molecular flexibility index (Phi) is 3.41. The zero-order valence-electron chi connectivity index (χ0n) is 6.04. The molecule has 0 saturated carbocycles. The lowest BCUT2D eigenvalue weighted by Crippen LogP contribution is -1.83. The summed E-state index contributed by atoms with van der Waals surface area (Å²) in [6.07, 6.45) is 0. The first-order valence-electron chi connectivity index (χ1n) is 3.19. The third-order valence-electron chi connectivity index (χ3n) is 1.35. The van der Waals surface area contributed by atoms with Gasteiger partial charge >= 0.3 is 0 Å². The Morgan fingerprint density at radius 3 is 2.92 bits per heavy atom. The Morgan fingerprint density at radius 1 is 1.58 bits per heavy atom. The summed E-state index contributed by atoms with van der Waals surface area (Å²) in [7, 11) is 0. The first-order valence-corrected chi connectivity index (χ1v) is 4.36. The van der Waals surface area contributed by atoms with Crippen LogP contribution < -0.4 is 0 Å². The Balaban J connectivity index is 3.03. The van der Waals surface area contributed by atoms with Gasteiger partial charge in [-0.15, -0.1) is 0 Å². The minimum absolute atomic E-state index is 0.275. The number of hydrogen-bond acceptors (Lipinski definition) is 1. The predicted molar refractivity (Wildman–Crippen MR) is 52.0 cm³/mol. The second-order valence-corrected chi connectivity index (χ2v) is 3.35. The lowest BCUT2D eigenvalue weighted by atomic mass is 10.2. The molecule has 62 valence electrons. The van der Waals surface area contributed by atoms with Gasteiger partial charge in [-0.25, -0.2) is 0 Å². The van der Waals surface area contributed by atoms with Crippen molar-refractivity contribution in [3.63, 3.8) is 0 Å². The monoisotopic (exact) mass is 245 g/mol. The average molecular weight is 246 g/mol. The van der Waals surface area contributed by atoms with Gasteiger partial charge in [0.15, 0.2) is 0 Å². The van der Waals surface area contributed by atoms with Crippen LogP contribution in [0.25, 0.3) is 10.4 Å². The van der Waals surface area contributed by atoms with Gasteiger partial charge in [-0.3, -0.25) is 0 Å². The van der Waals surface area contributed by atoms with Crippen molar-refractivity contribution in [1.82, 2.24) is 0 Å². The summed E-state index contributed by atoms with van der Waals surface area (Å²) in [5.74, 6) is 0. The van der Waals surface area contributed by atoms with Crippen LogP contribution in [0.1, 0.15) is 5.56 Å². The van der Waals surface area contributed by atoms with E-state index in [1.807, 2.05) is 12.1 Å². The van der Waals surface area contributed by atoms with Gasteiger partial charge < -0.3 is 0 Å². The van der Waals surface area contributed by atoms with Crippen LogP contribution in [0, 0.1) is 0 Å². The minimum Gasteiger partial charge on any atom is -0.0892 e. The van der Waals surface area contributed by atoms with Gasteiger partial charge in [0, 0.05) is 14.4 Å². The van der Waals surface area contributed by atoms with Crippen molar-refractivity contribution in [1.29, 1.82) is 0 Å². The summed E-state index contributed by atoms with van der Waals surface area (Å²) in [6, 6.07) is 5.44. The van der Waals surface area contributed by atoms with E-state index in [9.17, 15) is 0 Å². The molecule has 1 aromatic carbocycles. The topological polar surface area (TPSA) is 48.8 Å². The van der Waals surface area contributed by atoms with Gasteiger partial charge in [0.1, 0.15) is 0 Å². The van der Waals surface area contributed by atoms with Crippen LogP contribution >= 0.6 is 27.5 Å². The highest BCUT2D eigenvalue weighted by atomic mass is 79.9. The van der Waals surface area contributed by atoms with Gasteiger partial charge in [-0.05, 0) is 23.2 Å². The molecule has 0 aliphatic rings. The molecule has 0 radical (unpaired) electrons. The molecule has 0 saturated heterocycles. The summed E-state index contributed by atoms with van der Waals surface area (Å²) >= 11 is 9.16. The fraction of sp³-hybridized carbons (Fsp3) is 0.143. The van der Waals surface area contributed by atoms with E-state index in [4.69, 9.17) is 17.1 Å². The number of nitrogens with zero attached hydrogens (tertiary/aromatic N) is 3. The number of halogens is 2. The van der Waals surface area contributed by atoms with E-state index in [0.29, 0.717) is 5.02 Å². The van der Waals surface area contributed by atoms with Crippen LogP contribution in [0.15, 0.2) is 27.8 Å². The number of rotatable bonds is 2. The molecule has 0 amide bonds. The van der Waals surface area contributed by atoms with Crippen molar-refractivity contribution in [2.45, 2.75) is 6.54 Å². The lowest BCUT2D eigenvalue weighted by Gasteiger charge is -2.01. The Hall–Kier alpha value is -0.700. The zero-order valence-corrected chi connectivity index (χ0v) is 8.38. The number of hydrogen-bond donors (Lipinski definition) is 0. The fourth-order valence-electron chi connectivity index (χ4n) is 0.786. The molecule has 0 atom stereocenters. The Bertz CT molecular complexity index is 313. The molecule has 0 N–H and O–H groups in total. The first-order chi connectivity index (χ1) is 5.75. The second kappa shape index (κ2) is 4.36. The van der Waals surface area contributed by atoms with Crippen molar-refractivity contribution in [3.05, 3.63) is 43.7 Å². The fourth-order valence-corrected chi connectivity index (χ4v) is 1.63. The van der Waals surface area contributed by atoms with E-state index in [0.717, 1.165) is 10.0 Å². The maximum atomic E-state index is 8.11. The van der Waals surface area contributed by atoms with Gasteiger partial charge in [0.05, 0.1) is 6.54 Å². The SMILES string of the molecule is [N-]=[N+]=NCc1c(Cl)cccc1Br. The lowest BCUT2D eigenvalue weighted by molar-refractivity contribution is 1.04. The van der Waals surface area contributed by atoms with Crippen molar-refractivity contribution in [2.75, 3.05) is 0 Å². The van der Waals surface area contributed by atoms with Gasteiger partial charge in [0.25, 0.3) is 0 Å². The summed E-state index contributed by atoms with van der Waals surface area (Å²) in [5, 5.41) is 4.04. The van der Waals surface area contributed by atoms with E-state index < -0.39 is 0 Å². The quantitative estimate of drug-likeness (QED) is 0.431. The van der Waals surface area contributed by atoms with Crippen LogP contribution in [0.4, 0.5) is 0 Å². The van der Waals surface area contributed by atoms with Crippen LogP contribution in [-0.4, -0.2) is 0 Å².